The van der Waals surface area contributed by atoms with Crippen molar-refractivity contribution in [1.82, 2.24) is 10.3 Å². The molecule has 0 radical (unpaired) electrons. The summed E-state index contributed by atoms with van der Waals surface area (Å²) in [6.45, 7) is 2.07. The third kappa shape index (κ3) is 3.80. The highest BCUT2D eigenvalue weighted by molar-refractivity contribution is 5.88. The van der Waals surface area contributed by atoms with E-state index in [0.717, 1.165) is 11.1 Å². The number of carbonyl (C=O) groups excluding carboxylic acids is 1. The zero-order valence-corrected chi connectivity index (χ0v) is 11.2. The molecule has 0 aliphatic carbocycles. The average Bonchev–Trinajstić information content (AvgIpc) is 2.46. The van der Waals surface area contributed by atoms with Crippen LogP contribution in [0.2, 0.25) is 0 Å². The van der Waals surface area contributed by atoms with Crippen LogP contribution in [-0.2, 0) is 0 Å². The number of aryl methyl sites for hydroxylation is 1. The molecular weight excluding hydrogens is 254 g/mol. The van der Waals surface area contributed by atoms with Crippen LogP contribution in [0.4, 0.5) is 10.5 Å². The summed E-state index contributed by atoms with van der Waals surface area (Å²) < 4.78 is 0. The van der Waals surface area contributed by atoms with Crippen LogP contribution in [0.1, 0.15) is 17.2 Å². The highest BCUT2D eigenvalue weighted by atomic mass is 16.3. The quantitative estimate of drug-likeness (QED) is 0.798. The molecular formula is C15H17N3O2. The van der Waals surface area contributed by atoms with Gasteiger partial charge in [0, 0.05) is 12.7 Å². The van der Waals surface area contributed by atoms with Crippen molar-refractivity contribution in [2.75, 3.05) is 11.9 Å². The molecule has 0 bridgehead atoms. The Bertz CT molecular complexity index is 572. The fourth-order valence-electron chi connectivity index (χ4n) is 1.87. The minimum Gasteiger partial charge on any atom is -0.387 e. The van der Waals surface area contributed by atoms with Gasteiger partial charge in [-0.2, -0.15) is 0 Å². The lowest BCUT2D eigenvalue weighted by molar-refractivity contribution is 0.174. The van der Waals surface area contributed by atoms with Crippen molar-refractivity contribution >= 4 is 11.7 Å². The molecule has 0 spiro atoms. The third-order valence-corrected chi connectivity index (χ3v) is 2.92. The number of hydrogen-bond acceptors (Lipinski definition) is 3. The summed E-state index contributed by atoms with van der Waals surface area (Å²) in [6, 6.07) is 10.7. The Labute approximate surface area is 117 Å². The van der Waals surface area contributed by atoms with Gasteiger partial charge in [-0.15, -0.1) is 0 Å². The molecule has 1 atom stereocenters. The second-order valence-corrected chi connectivity index (χ2v) is 4.45. The maximum Gasteiger partial charge on any atom is 0.319 e. The Morgan fingerprint density at radius 1 is 1.30 bits per heavy atom. The SMILES string of the molecule is Cc1ccccc1C(O)CNC(=O)Nc1cccnc1. The van der Waals surface area contributed by atoms with Crippen molar-refractivity contribution in [1.29, 1.82) is 0 Å². The zero-order valence-electron chi connectivity index (χ0n) is 11.2. The summed E-state index contributed by atoms with van der Waals surface area (Å²) in [4.78, 5) is 15.6. The number of anilines is 1. The largest absolute Gasteiger partial charge is 0.387 e. The smallest absolute Gasteiger partial charge is 0.319 e. The Hall–Kier alpha value is -2.40. The van der Waals surface area contributed by atoms with E-state index < -0.39 is 6.10 Å². The van der Waals surface area contributed by atoms with Gasteiger partial charge in [-0.05, 0) is 30.2 Å². The van der Waals surface area contributed by atoms with Crippen molar-refractivity contribution in [3.63, 3.8) is 0 Å². The molecule has 2 amide bonds. The number of amides is 2. The number of carbonyl (C=O) groups is 1. The molecule has 5 heteroatoms. The minimum absolute atomic E-state index is 0.150. The number of pyridine rings is 1. The first kappa shape index (κ1) is 14.0. The highest BCUT2D eigenvalue weighted by Gasteiger charge is 2.11. The second kappa shape index (κ2) is 6.68. The van der Waals surface area contributed by atoms with Gasteiger partial charge in [0.25, 0.3) is 0 Å². The summed E-state index contributed by atoms with van der Waals surface area (Å²) >= 11 is 0. The molecule has 1 unspecified atom stereocenters. The molecule has 2 aromatic rings. The van der Waals surface area contributed by atoms with Gasteiger partial charge >= 0.3 is 6.03 Å². The molecule has 0 saturated carbocycles. The van der Waals surface area contributed by atoms with Gasteiger partial charge in [0.1, 0.15) is 0 Å². The van der Waals surface area contributed by atoms with Crippen LogP contribution < -0.4 is 10.6 Å². The van der Waals surface area contributed by atoms with E-state index in [1.54, 1.807) is 24.5 Å². The summed E-state index contributed by atoms with van der Waals surface area (Å²) in [6.07, 6.45) is 2.46. The summed E-state index contributed by atoms with van der Waals surface area (Å²) in [5, 5.41) is 15.3. The number of hydrogen-bond donors (Lipinski definition) is 3. The molecule has 1 heterocycles. The summed E-state index contributed by atoms with van der Waals surface area (Å²) in [7, 11) is 0. The molecule has 0 aliphatic heterocycles. The molecule has 0 fully saturated rings. The lowest BCUT2D eigenvalue weighted by Gasteiger charge is -2.14. The van der Waals surface area contributed by atoms with Crippen LogP contribution in [0.25, 0.3) is 0 Å². The van der Waals surface area contributed by atoms with Gasteiger partial charge < -0.3 is 15.7 Å². The van der Waals surface area contributed by atoms with Gasteiger partial charge in [-0.25, -0.2) is 4.79 Å². The lowest BCUT2D eigenvalue weighted by Crippen LogP contribution is -2.32. The second-order valence-electron chi connectivity index (χ2n) is 4.45. The number of aliphatic hydroxyl groups excluding tert-OH is 1. The van der Waals surface area contributed by atoms with Crippen LogP contribution >= 0.6 is 0 Å². The maximum absolute atomic E-state index is 11.7. The topological polar surface area (TPSA) is 74.2 Å². The van der Waals surface area contributed by atoms with E-state index in [0.29, 0.717) is 5.69 Å². The van der Waals surface area contributed by atoms with E-state index in [4.69, 9.17) is 0 Å². The molecule has 104 valence electrons. The Kier molecular flexibility index (Phi) is 4.68. The van der Waals surface area contributed by atoms with Crippen LogP contribution in [0, 0.1) is 6.92 Å². The maximum atomic E-state index is 11.7. The molecule has 5 nitrogen and oxygen atoms in total. The van der Waals surface area contributed by atoms with Gasteiger partial charge in [0.05, 0.1) is 18.0 Å². The van der Waals surface area contributed by atoms with E-state index in [2.05, 4.69) is 15.6 Å². The molecule has 3 N–H and O–H groups in total. The summed E-state index contributed by atoms with van der Waals surface area (Å²) in [5.74, 6) is 0. The predicted molar refractivity (Wildman–Crippen MR) is 77.4 cm³/mol. The van der Waals surface area contributed by atoms with Crippen molar-refractivity contribution in [2.24, 2.45) is 0 Å². The van der Waals surface area contributed by atoms with E-state index in [1.807, 2.05) is 31.2 Å². The highest BCUT2D eigenvalue weighted by Crippen LogP contribution is 2.16. The van der Waals surface area contributed by atoms with Crippen molar-refractivity contribution in [3.8, 4) is 0 Å². The number of rotatable bonds is 4. The van der Waals surface area contributed by atoms with Crippen LogP contribution in [0.5, 0.6) is 0 Å². The molecule has 0 saturated heterocycles. The van der Waals surface area contributed by atoms with E-state index >= 15 is 0 Å². The number of benzene rings is 1. The molecule has 1 aromatic carbocycles. The number of nitrogens with one attached hydrogen (secondary N) is 2. The van der Waals surface area contributed by atoms with Crippen LogP contribution in [0.15, 0.2) is 48.8 Å². The van der Waals surface area contributed by atoms with Crippen molar-refractivity contribution in [3.05, 3.63) is 59.9 Å². The van der Waals surface area contributed by atoms with Gasteiger partial charge in [0.2, 0.25) is 0 Å². The van der Waals surface area contributed by atoms with E-state index in [9.17, 15) is 9.90 Å². The monoisotopic (exact) mass is 271 g/mol. The summed E-state index contributed by atoms with van der Waals surface area (Å²) in [5.41, 5.74) is 2.42. The Balaban J connectivity index is 1.86. The lowest BCUT2D eigenvalue weighted by atomic mass is 10.0. The first-order valence-corrected chi connectivity index (χ1v) is 6.35. The number of urea groups is 1. The number of nitrogens with zero attached hydrogens (tertiary/aromatic N) is 1. The minimum atomic E-state index is -0.726. The van der Waals surface area contributed by atoms with Crippen molar-refractivity contribution in [2.45, 2.75) is 13.0 Å². The fraction of sp³-hybridized carbons (Fsp3) is 0.200. The molecule has 2 rings (SSSR count). The zero-order chi connectivity index (χ0) is 14.4. The molecule has 20 heavy (non-hydrogen) atoms. The normalized spacial score (nSPS) is 11.7. The standard InChI is InChI=1S/C15H17N3O2/c1-11-5-2-3-7-13(11)14(19)10-17-15(20)18-12-6-4-8-16-9-12/h2-9,14,19H,10H2,1H3,(H2,17,18,20). The number of aliphatic hydroxyl groups is 1. The fourth-order valence-corrected chi connectivity index (χ4v) is 1.87. The van der Waals surface area contributed by atoms with Crippen LogP contribution in [0.3, 0.4) is 0 Å². The van der Waals surface area contributed by atoms with Gasteiger partial charge in [-0.3, -0.25) is 4.98 Å². The molecule has 1 aromatic heterocycles. The van der Waals surface area contributed by atoms with Crippen LogP contribution in [-0.4, -0.2) is 22.7 Å². The van der Waals surface area contributed by atoms with Crippen molar-refractivity contribution < 1.29 is 9.90 Å². The molecule has 0 aliphatic rings. The predicted octanol–water partition coefficient (Wildman–Crippen LogP) is 2.25. The Morgan fingerprint density at radius 3 is 2.80 bits per heavy atom. The first-order valence-electron chi connectivity index (χ1n) is 6.35. The Morgan fingerprint density at radius 2 is 2.10 bits per heavy atom. The van der Waals surface area contributed by atoms with E-state index in [-0.39, 0.29) is 12.6 Å². The van der Waals surface area contributed by atoms with E-state index in [1.165, 1.54) is 0 Å². The number of aromatic nitrogens is 1. The first-order chi connectivity index (χ1) is 9.66. The van der Waals surface area contributed by atoms with Gasteiger partial charge in [-0.1, -0.05) is 24.3 Å². The van der Waals surface area contributed by atoms with Gasteiger partial charge in [0.15, 0.2) is 0 Å². The average molecular weight is 271 g/mol. The third-order valence-electron chi connectivity index (χ3n) is 2.92.